The van der Waals surface area contributed by atoms with Crippen molar-refractivity contribution in [3.05, 3.63) is 29.3 Å². The number of hydrogen-bond acceptors (Lipinski definition) is 5. The van der Waals surface area contributed by atoms with Gasteiger partial charge in [-0.25, -0.2) is 4.79 Å². The van der Waals surface area contributed by atoms with Crippen LogP contribution in [0.4, 0.5) is 4.79 Å². The number of carbonyl (C=O) groups is 1. The second-order valence-electron chi connectivity index (χ2n) is 6.15. The van der Waals surface area contributed by atoms with Crippen molar-refractivity contribution in [1.29, 1.82) is 0 Å². The summed E-state index contributed by atoms with van der Waals surface area (Å²) in [6, 6.07) is 5.84. The normalized spacial score (nSPS) is 11.5. The maximum atomic E-state index is 11.0. The van der Waals surface area contributed by atoms with E-state index in [1.165, 1.54) is 13.5 Å². The topological polar surface area (TPSA) is 73.8 Å². The second kappa shape index (κ2) is 14.4. The quantitative estimate of drug-likeness (QED) is 0.581. The number of phenols is 1. The molecule has 0 aromatic heterocycles. The first-order valence-corrected chi connectivity index (χ1v) is 9.52. The Labute approximate surface area is 158 Å². The molecule has 0 aliphatic rings. The molecule has 0 saturated heterocycles. The minimum absolute atomic E-state index is 0.130. The lowest BCUT2D eigenvalue weighted by molar-refractivity contribution is 0.171. The van der Waals surface area contributed by atoms with Gasteiger partial charge in [-0.1, -0.05) is 40.2 Å². The number of ether oxygens (including phenoxy) is 1. The van der Waals surface area contributed by atoms with Gasteiger partial charge in [-0.3, -0.25) is 4.90 Å². The summed E-state index contributed by atoms with van der Waals surface area (Å²) < 4.78 is 4.52. The summed E-state index contributed by atoms with van der Waals surface area (Å²) in [7, 11) is 1.35. The van der Waals surface area contributed by atoms with Crippen molar-refractivity contribution >= 4 is 6.09 Å². The highest BCUT2D eigenvalue weighted by atomic mass is 16.5. The van der Waals surface area contributed by atoms with Gasteiger partial charge in [-0.2, -0.15) is 0 Å². The molecule has 0 aliphatic heterocycles. The fourth-order valence-corrected chi connectivity index (χ4v) is 2.33. The van der Waals surface area contributed by atoms with E-state index in [1.807, 2.05) is 12.1 Å². The van der Waals surface area contributed by atoms with Crippen LogP contribution in [0.15, 0.2) is 18.2 Å². The van der Waals surface area contributed by atoms with Crippen LogP contribution < -0.4 is 10.6 Å². The van der Waals surface area contributed by atoms with Gasteiger partial charge < -0.3 is 20.5 Å². The molecular weight excluding hydrogens is 330 g/mol. The molecule has 0 bridgehead atoms. The molecule has 1 rings (SSSR count). The van der Waals surface area contributed by atoms with Gasteiger partial charge in [0, 0.05) is 31.2 Å². The molecule has 0 fully saturated rings. The first-order valence-electron chi connectivity index (χ1n) is 9.52. The van der Waals surface area contributed by atoms with Crippen LogP contribution in [0.25, 0.3) is 0 Å². The first kappa shape index (κ1) is 24.2. The largest absolute Gasteiger partial charge is 0.508 e. The fourth-order valence-electron chi connectivity index (χ4n) is 2.33. The second-order valence-corrected chi connectivity index (χ2v) is 6.15. The van der Waals surface area contributed by atoms with Gasteiger partial charge in [0.1, 0.15) is 5.75 Å². The predicted molar refractivity (Wildman–Crippen MR) is 108 cm³/mol. The van der Waals surface area contributed by atoms with Crippen LogP contribution in [0.1, 0.15) is 58.2 Å². The summed E-state index contributed by atoms with van der Waals surface area (Å²) in [5.41, 5.74) is 2.05. The number of rotatable bonds is 9. The van der Waals surface area contributed by atoms with Crippen molar-refractivity contribution in [3.8, 4) is 5.75 Å². The summed E-state index contributed by atoms with van der Waals surface area (Å²) in [5, 5.41) is 16.0. The fraction of sp³-hybridized carbons (Fsp3) is 0.650. The maximum absolute atomic E-state index is 11.0. The number of amides is 1. The molecule has 0 radical (unpaired) electrons. The van der Waals surface area contributed by atoms with Crippen LogP contribution in [0.5, 0.6) is 5.75 Å². The van der Waals surface area contributed by atoms with Crippen LogP contribution in [-0.2, 0) is 11.3 Å². The van der Waals surface area contributed by atoms with Crippen LogP contribution in [0, 0.1) is 0 Å². The first-order chi connectivity index (χ1) is 12.4. The molecule has 6 heteroatoms. The van der Waals surface area contributed by atoms with Gasteiger partial charge in [-0.15, -0.1) is 0 Å². The molecule has 3 N–H and O–H groups in total. The average Bonchev–Trinajstić information content (AvgIpc) is 2.64. The number of hydrogen-bond donors (Lipinski definition) is 3. The smallest absolute Gasteiger partial charge is 0.406 e. The molecule has 1 atom stereocenters. The van der Waals surface area contributed by atoms with Gasteiger partial charge in [-0.05, 0) is 37.7 Å². The summed E-state index contributed by atoms with van der Waals surface area (Å²) in [6.07, 6.45) is 0.825. The van der Waals surface area contributed by atoms with E-state index in [9.17, 15) is 9.90 Å². The average molecular weight is 368 g/mol. The number of benzene rings is 1. The number of phenolic OH excluding ortho intramolecular Hbond substituents is 1. The summed E-state index contributed by atoms with van der Waals surface area (Å²) >= 11 is 0. The Balaban J connectivity index is 0.00000194. The molecule has 0 aliphatic carbocycles. The number of carbonyl (C=O) groups excluding carboxylic acids is 1. The molecule has 150 valence electrons. The molecule has 1 aromatic carbocycles. The van der Waals surface area contributed by atoms with E-state index < -0.39 is 6.09 Å². The molecular formula is C20H37N3O3. The third-order valence-electron chi connectivity index (χ3n) is 3.92. The standard InChI is InChI=1S/C17H29N3O3.C3H8/c1-5-20(6-2)12-15-11-14(7-8-16(15)21)13(3)18-9-10-19-17(22)23-4;1-3-2/h7-8,11,13,18,21H,5-6,9-10,12H2,1-4H3,(H,19,22);3H2,1-2H3. The zero-order chi connectivity index (χ0) is 19.9. The minimum atomic E-state index is -0.425. The molecule has 0 saturated carbocycles. The number of alkyl carbamates (subject to hydrolysis) is 1. The highest BCUT2D eigenvalue weighted by molar-refractivity contribution is 5.66. The summed E-state index contributed by atoms with van der Waals surface area (Å²) in [4.78, 5) is 13.2. The van der Waals surface area contributed by atoms with Crippen LogP contribution in [0.3, 0.4) is 0 Å². The van der Waals surface area contributed by atoms with E-state index in [0.29, 0.717) is 18.8 Å². The van der Waals surface area contributed by atoms with Gasteiger partial charge in [0.05, 0.1) is 7.11 Å². The van der Waals surface area contributed by atoms with Crippen molar-refractivity contribution in [2.24, 2.45) is 0 Å². The Hall–Kier alpha value is -1.79. The van der Waals surface area contributed by atoms with E-state index in [4.69, 9.17) is 0 Å². The molecule has 0 spiro atoms. The minimum Gasteiger partial charge on any atom is -0.508 e. The number of methoxy groups -OCH3 is 1. The zero-order valence-electron chi connectivity index (χ0n) is 17.3. The van der Waals surface area contributed by atoms with Crippen LogP contribution in [-0.4, -0.2) is 49.4 Å². The lowest BCUT2D eigenvalue weighted by atomic mass is 10.0. The van der Waals surface area contributed by atoms with Crippen molar-refractivity contribution in [2.45, 2.75) is 53.6 Å². The highest BCUT2D eigenvalue weighted by Gasteiger charge is 2.11. The maximum Gasteiger partial charge on any atom is 0.406 e. The SMILES string of the molecule is CCC.CCN(CC)Cc1cc(C(C)NCCNC(=O)OC)ccc1O. The van der Waals surface area contributed by atoms with Crippen molar-refractivity contribution in [3.63, 3.8) is 0 Å². The monoisotopic (exact) mass is 367 g/mol. The third-order valence-corrected chi connectivity index (χ3v) is 3.92. The van der Waals surface area contributed by atoms with E-state index in [-0.39, 0.29) is 6.04 Å². The van der Waals surface area contributed by atoms with Gasteiger partial charge in [0.25, 0.3) is 0 Å². The molecule has 26 heavy (non-hydrogen) atoms. The van der Waals surface area contributed by atoms with E-state index in [0.717, 1.165) is 30.8 Å². The van der Waals surface area contributed by atoms with E-state index in [1.54, 1.807) is 6.07 Å². The van der Waals surface area contributed by atoms with E-state index in [2.05, 4.69) is 54.9 Å². The molecule has 1 amide bonds. The van der Waals surface area contributed by atoms with Crippen LogP contribution in [0.2, 0.25) is 0 Å². The Morgan fingerprint density at radius 2 is 1.81 bits per heavy atom. The highest BCUT2D eigenvalue weighted by Crippen LogP contribution is 2.23. The number of aromatic hydroxyl groups is 1. The van der Waals surface area contributed by atoms with Crippen molar-refractivity contribution in [1.82, 2.24) is 15.5 Å². The van der Waals surface area contributed by atoms with Crippen molar-refractivity contribution in [2.75, 3.05) is 33.3 Å². The molecule has 0 heterocycles. The van der Waals surface area contributed by atoms with Gasteiger partial charge in [0.2, 0.25) is 0 Å². The number of nitrogens with one attached hydrogen (secondary N) is 2. The Morgan fingerprint density at radius 1 is 1.19 bits per heavy atom. The lowest BCUT2D eigenvalue weighted by Gasteiger charge is -2.21. The lowest BCUT2D eigenvalue weighted by Crippen LogP contribution is -2.32. The molecule has 6 nitrogen and oxygen atoms in total. The molecule has 1 unspecified atom stereocenters. The van der Waals surface area contributed by atoms with Gasteiger partial charge in [0.15, 0.2) is 0 Å². The Morgan fingerprint density at radius 3 is 2.35 bits per heavy atom. The van der Waals surface area contributed by atoms with Crippen molar-refractivity contribution < 1.29 is 14.6 Å². The molecule has 1 aromatic rings. The van der Waals surface area contributed by atoms with E-state index >= 15 is 0 Å². The van der Waals surface area contributed by atoms with Crippen LogP contribution >= 0.6 is 0 Å². The Kier molecular flexibility index (Phi) is 13.4. The van der Waals surface area contributed by atoms with Gasteiger partial charge >= 0.3 is 6.09 Å². The summed E-state index contributed by atoms with van der Waals surface area (Å²) in [5.74, 6) is 0.334. The zero-order valence-corrected chi connectivity index (χ0v) is 17.3. The predicted octanol–water partition coefficient (Wildman–Crippen LogP) is 3.66. The summed E-state index contributed by atoms with van der Waals surface area (Å²) in [6.45, 7) is 14.3. The number of nitrogens with zero attached hydrogens (tertiary/aromatic N) is 1. The Bertz CT molecular complexity index is 505. The third kappa shape index (κ3) is 9.63.